The monoisotopic (exact) mass is 228 g/mol. The smallest absolute Gasteiger partial charge is 0.304 e. The fourth-order valence-corrected chi connectivity index (χ4v) is 1.33. The lowest BCUT2D eigenvalue weighted by Crippen LogP contribution is -2.11. The molecule has 4 nitrogen and oxygen atoms in total. The first-order valence-electron chi connectivity index (χ1n) is 4.17. The standard InChI is InChI=1S/C9H9FN2O2S/c10-15(13,14)6-5-12-9-3-1-8(7-11)2-4-9/h1-4,12H,5-6H2. The summed E-state index contributed by atoms with van der Waals surface area (Å²) in [6.07, 6.45) is 0. The zero-order chi connectivity index (χ0) is 11.3. The number of hydrogen-bond acceptors (Lipinski definition) is 4. The fraction of sp³-hybridized carbons (Fsp3) is 0.222. The van der Waals surface area contributed by atoms with E-state index in [4.69, 9.17) is 5.26 Å². The van der Waals surface area contributed by atoms with Crippen molar-refractivity contribution in [3.63, 3.8) is 0 Å². The number of hydrogen-bond donors (Lipinski definition) is 1. The van der Waals surface area contributed by atoms with Crippen molar-refractivity contribution in [3.8, 4) is 6.07 Å². The van der Waals surface area contributed by atoms with Crippen LogP contribution in [0.15, 0.2) is 24.3 Å². The van der Waals surface area contributed by atoms with E-state index in [2.05, 4.69) is 5.32 Å². The summed E-state index contributed by atoms with van der Waals surface area (Å²) < 4.78 is 32.4. The molecule has 0 aliphatic heterocycles. The maximum atomic E-state index is 12.1. The Labute approximate surface area is 87.6 Å². The van der Waals surface area contributed by atoms with Gasteiger partial charge in [-0.05, 0) is 24.3 Å². The van der Waals surface area contributed by atoms with E-state index < -0.39 is 16.0 Å². The average Bonchev–Trinajstić information content (AvgIpc) is 2.17. The molecule has 0 radical (unpaired) electrons. The van der Waals surface area contributed by atoms with Crippen LogP contribution < -0.4 is 5.32 Å². The van der Waals surface area contributed by atoms with Gasteiger partial charge >= 0.3 is 10.2 Å². The zero-order valence-electron chi connectivity index (χ0n) is 7.77. The molecule has 0 fully saturated rings. The van der Waals surface area contributed by atoms with Gasteiger partial charge in [-0.25, -0.2) is 0 Å². The summed E-state index contributed by atoms with van der Waals surface area (Å²) in [6.45, 7) is 0.00470. The van der Waals surface area contributed by atoms with E-state index in [1.54, 1.807) is 24.3 Å². The summed E-state index contributed by atoms with van der Waals surface area (Å²) in [5, 5.41) is 11.2. The van der Waals surface area contributed by atoms with E-state index in [0.717, 1.165) is 0 Å². The van der Waals surface area contributed by atoms with E-state index >= 15 is 0 Å². The van der Waals surface area contributed by atoms with Gasteiger partial charge in [0.25, 0.3) is 0 Å². The Bertz CT molecular complexity index is 462. The molecule has 0 atom stereocenters. The van der Waals surface area contributed by atoms with E-state index in [-0.39, 0.29) is 6.54 Å². The second-order valence-electron chi connectivity index (χ2n) is 2.86. The van der Waals surface area contributed by atoms with Crippen LogP contribution in [-0.2, 0) is 10.2 Å². The Morgan fingerprint density at radius 2 is 1.93 bits per heavy atom. The first-order chi connectivity index (χ1) is 7.01. The summed E-state index contributed by atoms with van der Waals surface area (Å²) in [7, 11) is -4.42. The van der Waals surface area contributed by atoms with Crippen LogP contribution in [-0.4, -0.2) is 20.7 Å². The minimum Gasteiger partial charge on any atom is -0.384 e. The molecule has 15 heavy (non-hydrogen) atoms. The Balaban J connectivity index is 2.49. The van der Waals surface area contributed by atoms with Crippen LogP contribution in [0, 0.1) is 11.3 Å². The SMILES string of the molecule is N#Cc1ccc(NCCS(=O)(=O)F)cc1. The lowest BCUT2D eigenvalue weighted by atomic mass is 10.2. The van der Waals surface area contributed by atoms with Gasteiger partial charge in [-0.1, -0.05) is 0 Å². The van der Waals surface area contributed by atoms with E-state index in [0.29, 0.717) is 11.3 Å². The molecular weight excluding hydrogens is 219 g/mol. The van der Waals surface area contributed by atoms with Crippen LogP contribution in [0.3, 0.4) is 0 Å². The normalized spacial score (nSPS) is 10.7. The van der Waals surface area contributed by atoms with Gasteiger partial charge in [-0.2, -0.15) is 13.7 Å². The quantitative estimate of drug-likeness (QED) is 0.788. The van der Waals surface area contributed by atoms with Crippen LogP contribution in [0.25, 0.3) is 0 Å². The zero-order valence-corrected chi connectivity index (χ0v) is 8.59. The number of nitriles is 1. The highest BCUT2D eigenvalue weighted by molar-refractivity contribution is 7.86. The first kappa shape index (κ1) is 11.5. The molecule has 1 aromatic carbocycles. The second kappa shape index (κ2) is 4.75. The lowest BCUT2D eigenvalue weighted by Gasteiger charge is -2.03. The molecule has 0 heterocycles. The predicted octanol–water partition coefficient (Wildman–Crippen LogP) is 1.27. The van der Waals surface area contributed by atoms with Gasteiger partial charge < -0.3 is 5.32 Å². The molecular formula is C9H9FN2O2S. The highest BCUT2D eigenvalue weighted by Crippen LogP contribution is 2.08. The van der Waals surface area contributed by atoms with Crippen molar-refractivity contribution in [1.29, 1.82) is 5.26 Å². The minimum atomic E-state index is -4.42. The van der Waals surface area contributed by atoms with Crippen molar-refractivity contribution in [2.45, 2.75) is 0 Å². The second-order valence-corrected chi connectivity index (χ2v) is 4.34. The van der Waals surface area contributed by atoms with Gasteiger partial charge in [-0.15, -0.1) is 3.89 Å². The summed E-state index contributed by atoms with van der Waals surface area (Å²) in [6, 6.07) is 8.39. The van der Waals surface area contributed by atoms with Crippen molar-refractivity contribution in [3.05, 3.63) is 29.8 Å². The van der Waals surface area contributed by atoms with E-state index in [9.17, 15) is 12.3 Å². The molecule has 0 bridgehead atoms. The predicted molar refractivity (Wildman–Crippen MR) is 54.5 cm³/mol. The van der Waals surface area contributed by atoms with Crippen LogP contribution >= 0.6 is 0 Å². The summed E-state index contributed by atoms with van der Waals surface area (Å²) >= 11 is 0. The number of anilines is 1. The Kier molecular flexibility index (Phi) is 3.63. The van der Waals surface area contributed by atoms with Gasteiger partial charge in [0.1, 0.15) is 0 Å². The Morgan fingerprint density at radius 3 is 2.40 bits per heavy atom. The molecule has 6 heteroatoms. The highest BCUT2D eigenvalue weighted by atomic mass is 32.3. The number of benzene rings is 1. The van der Waals surface area contributed by atoms with Gasteiger partial charge in [0.2, 0.25) is 0 Å². The molecule has 1 rings (SSSR count). The highest BCUT2D eigenvalue weighted by Gasteiger charge is 2.05. The van der Waals surface area contributed by atoms with Crippen molar-refractivity contribution in [1.82, 2.24) is 0 Å². The molecule has 0 aliphatic carbocycles. The van der Waals surface area contributed by atoms with Crippen LogP contribution in [0.1, 0.15) is 5.56 Å². The maximum Gasteiger partial charge on any atom is 0.304 e. The van der Waals surface area contributed by atoms with Gasteiger partial charge in [0.15, 0.2) is 0 Å². The third-order valence-electron chi connectivity index (χ3n) is 1.69. The topological polar surface area (TPSA) is 70.0 Å². The fourth-order valence-electron chi connectivity index (χ4n) is 0.980. The molecule has 0 saturated carbocycles. The Morgan fingerprint density at radius 1 is 1.33 bits per heavy atom. The van der Waals surface area contributed by atoms with E-state index in [1.165, 1.54) is 0 Å². The number of nitrogens with zero attached hydrogens (tertiary/aromatic N) is 1. The van der Waals surface area contributed by atoms with Crippen molar-refractivity contribution < 1.29 is 12.3 Å². The minimum absolute atomic E-state index is 0.00470. The van der Waals surface area contributed by atoms with Crippen LogP contribution in [0.5, 0.6) is 0 Å². The number of halogens is 1. The molecule has 1 N–H and O–H groups in total. The lowest BCUT2D eigenvalue weighted by molar-refractivity contribution is 0.552. The van der Waals surface area contributed by atoms with Crippen LogP contribution in [0.4, 0.5) is 9.57 Å². The Hall–Kier alpha value is -1.61. The molecule has 0 aromatic heterocycles. The first-order valence-corrected chi connectivity index (χ1v) is 5.73. The average molecular weight is 228 g/mol. The van der Waals surface area contributed by atoms with Crippen molar-refractivity contribution >= 4 is 15.9 Å². The molecule has 1 aromatic rings. The largest absolute Gasteiger partial charge is 0.384 e. The van der Waals surface area contributed by atoms with Crippen LogP contribution in [0.2, 0.25) is 0 Å². The maximum absolute atomic E-state index is 12.1. The third-order valence-corrected chi connectivity index (χ3v) is 2.38. The van der Waals surface area contributed by atoms with Crippen molar-refractivity contribution in [2.75, 3.05) is 17.6 Å². The molecule has 80 valence electrons. The number of nitrogens with one attached hydrogen (secondary N) is 1. The molecule has 0 unspecified atom stereocenters. The molecule has 0 aliphatic rings. The van der Waals surface area contributed by atoms with Crippen molar-refractivity contribution in [2.24, 2.45) is 0 Å². The molecule has 0 spiro atoms. The van der Waals surface area contributed by atoms with Gasteiger partial charge in [0.05, 0.1) is 17.4 Å². The number of rotatable bonds is 4. The molecule has 0 saturated heterocycles. The summed E-state index contributed by atoms with van der Waals surface area (Å²) in [5.41, 5.74) is 1.16. The van der Waals surface area contributed by atoms with Gasteiger partial charge in [0, 0.05) is 12.2 Å². The summed E-state index contributed by atoms with van der Waals surface area (Å²) in [5.74, 6) is -0.562. The van der Waals surface area contributed by atoms with E-state index in [1.807, 2.05) is 6.07 Å². The summed E-state index contributed by atoms with van der Waals surface area (Å²) in [4.78, 5) is 0. The molecule has 0 amide bonds. The third kappa shape index (κ3) is 4.42. The van der Waals surface area contributed by atoms with Gasteiger partial charge in [-0.3, -0.25) is 0 Å².